The molecule has 0 amide bonds. The Morgan fingerprint density at radius 2 is 2.22 bits per heavy atom. The molecule has 0 atom stereocenters. The van der Waals surface area contributed by atoms with Crippen LogP contribution in [0.15, 0.2) is 22.5 Å². The van der Waals surface area contributed by atoms with Gasteiger partial charge in [0.05, 0.1) is 0 Å². The number of thiophene rings is 1. The fourth-order valence-corrected chi connectivity index (χ4v) is 3.84. The van der Waals surface area contributed by atoms with E-state index in [-0.39, 0.29) is 0 Å². The van der Waals surface area contributed by atoms with Crippen LogP contribution in [-0.4, -0.2) is 55.6 Å². The fourth-order valence-electron chi connectivity index (χ4n) is 2.78. The van der Waals surface area contributed by atoms with Gasteiger partial charge in [-0.1, -0.05) is 6.07 Å². The van der Waals surface area contributed by atoms with Crippen LogP contribution in [0.4, 0.5) is 0 Å². The Kier molecular flexibility index (Phi) is 8.86. The highest BCUT2D eigenvalue weighted by atomic mass is 32.2. The SMILES string of the molecule is CCNC(=NCC1CCN(Cc2cccs2)CC1)NCCSC. The van der Waals surface area contributed by atoms with Gasteiger partial charge in [-0.3, -0.25) is 9.89 Å². The normalized spacial score (nSPS) is 17.4. The predicted octanol–water partition coefficient (Wildman–Crippen LogP) is 2.88. The van der Waals surface area contributed by atoms with Crippen LogP contribution in [0.25, 0.3) is 0 Å². The van der Waals surface area contributed by atoms with Crippen molar-refractivity contribution in [1.29, 1.82) is 0 Å². The van der Waals surface area contributed by atoms with Crippen molar-refractivity contribution in [2.75, 3.05) is 44.7 Å². The monoisotopic (exact) mass is 354 g/mol. The Balaban J connectivity index is 1.70. The van der Waals surface area contributed by atoms with E-state index >= 15 is 0 Å². The van der Waals surface area contributed by atoms with Crippen molar-refractivity contribution < 1.29 is 0 Å². The molecule has 130 valence electrons. The number of nitrogens with one attached hydrogen (secondary N) is 2. The summed E-state index contributed by atoms with van der Waals surface area (Å²) in [5.74, 6) is 2.82. The van der Waals surface area contributed by atoms with Crippen LogP contribution in [0, 0.1) is 5.92 Å². The van der Waals surface area contributed by atoms with Crippen LogP contribution in [0.5, 0.6) is 0 Å². The third-order valence-electron chi connectivity index (χ3n) is 4.12. The number of rotatable bonds is 8. The zero-order valence-electron chi connectivity index (χ0n) is 14.4. The maximum atomic E-state index is 4.78. The minimum absolute atomic E-state index is 0.727. The van der Waals surface area contributed by atoms with Crippen molar-refractivity contribution in [2.45, 2.75) is 26.3 Å². The maximum absolute atomic E-state index is 4.78. The second-order valence-electron chi connectivity index (χ2n) is 5.94. The van der Waals surface area contributed by atoms with Gasteiger partial charge in [-0.05, 0) is 56.5 Å². The Morgan fingerprint density at radius 1 is 1.39 bits per heavy atom. The van der Waals surface area contributed by atoms with Crippen LogP contribution in [0.1, 0.15) is 24.6 Å². The van der Waals surface area contributed by atoms with Crippen molar-refractivity contribution in [3.05, 3.63) is 22.4 Å². The van der Waals surface area contributed by atoms with Gasteiger partial charge < -0.3 is 10.6 Å². The van der Waals surface area contributed by atoms with Gasteiger partial charge in [-0.25, -0.2) is 0 Å². The summed E-state index contributed by atoms with van der Waals surface area (Å²) in [5.41, 5.74) is 0. The first-order valence-electron chi connectivity index (χ1n) is 8.57. The molecule has 2 N–H and O–H groups in total. The highest BCUT2D eigenvalue weighted by Gasteiger charge is 2.19. The van der Waals surface area contributed by atoms with E-state index in [0.29, 0.717) is 0 Å². The second-order valence-corrected chi connectivity index (χ2v) is 7.96. The van der Waals surface area contributed by atoms with Crippen LogP contribution < -0.4 is 10.6 Å². The molecule has 0 bridgehead atoms. The number of thioether (sulfide) groups is 1. The molecular weight excluding hydrogens is 324 g/mol. The topological polar surface area (TPSA) is 39.7 Å². The molecule has 1 aliphatic rings. The summed E-state index contributed by atoms with van der Waals surface area (Å²) in [6.07, 6.45) is 4.66. The first kappa shape index (κ1) is 18.6. The molecule has 1 aliphatic heterocycles. The van der Waals surface area contributed by atoms with Crippen LogP contribution >= 0.6 is 23.1 Å². The van der Waals surface area contributed by atoms with E-state index in [4.69, 9.17) is 4.99 Å². The van der Waals surface area contributed by atoms with Gasteiger partial charge >= 0.3 is 0 Å². The summed E-state index contributed by atoms with van der Waals surface area (Å²) < 4.78 is 0. The number of nitrogens with zero attached hydrogens (tertiary/aromatic N) is 2. The predicted molar refractivity (Wildman–Crippen MR) is 105 cm³/mol. The van der Waals surface area contributed by atoms with Gasteiger partial charge in [0.15, 0.2) is 5.96 Å². The van der Waals surface area contributed by atoms with Gasteiger partial charge in [-0.15, -0.1) is 11.3 Å². The zero-order valence-corrected chi connectivity index (χ0v) is 16.0. The number of aliphatic imine (C=N–C) groups is 1. The van der Waals surface area contributed by atoms with Gasteiger partial charge in [0.2, 0.25) is 0 Å². The van der Waals surface area contributed by atoms with E-state index in [9.17, 15) is 0 Å². The summed E-state index contributed by atoms with van der Waals surface area (Å²) in [6, 6.07) is 4.39. The number of likely N-dealkylation sites (tertiary alicyclic amines) is 1. The van der Waals surface area contributed by atoms with Gasteiger partial charge in [-0.2, -0.15) is 11.8 Å². The first-order valence-corrected chi connectivity index (χ1v) is 10.8. The molecule has 1 aromatic heterocycles. The average molecular weight is 355 g/mol. The van der Waals surface area contributed by atoms with Gasteiger partial charge in [0.1, 0.15) is 0 Å². The lowest BCUT2D eigenvalue weighted by molar-refractivity contribution is 0.182. The third kappa shape index (κ3) is 7.14. The summed E-state index contributed by atoms with van der Waals surface area (Å²) >= 11 is 3.72. The first-order chi connectivity index (χ1) is 11.3. The minimum Gasteiger partial charge on any atom is -0.357 e. The molecule has 23 heavy (non-hydrogen) atoms. The smallest absolute Gasteiger partial charge is 0.191 e. The van der Waals surface area contributed by atoms with Gasteiger partial charge in [0.25, 0.3) is 0 Å². The number of hydrogen-bond donors (Lipinski definition) is 2. The standard InChI is InChI=1S/C17H30N4S2/c1-3-18-17(19-8-12-22-2)20-13-15-6-9-21(10-7-15)14-16-5-4-11-23-16/h4-5,11,15H,3,6-10,12-14H2,1-2H3,(H2,18,19,20). The Morgan fingerprint density at radius 3 is 2.87 bits per heavy atom. The van der Waals surface area contributed by atoms with Crippen molar-refractivity contribution >= 4 is 29.1 Å². The quantitative estimate of drug-likeness (QED) is 0.428. The van der Waals surface area contributed by atoms with Crippen LogP contribution in [0.3, 0.4) is 0 Å². The molecule has 0 spiro atoms. The van der Waals surface area contributed by atoms with E-state index in [0.717, 1.165) is 43.8 Å². The van der Waals surface area contributed by atoms with Crippen LogP contribution in [-0.2, 0) is 6.54 Å². The minimum atomic E-state index is 0.727. The van der Waals surface area contributed by atoms with E-state index in [1.807, 2.05) is 23.1 Å². The third-order valence-corrected chi connectivity index (χ3v) is 5.59. The van der Waals surface area contributed by atoms with Gasteiger partial charge in [0, 0.05) is 36.8 Å². The van der Waals surface area contributed by atoms with Crippen molar-refractivity contribution in [2.24, 2.45) is 10.9 Å². The summed E-state index contributed by atoms with van der Waals surface area (Å²) in [5, 5.41) is 8.92. The summed E-state index contributed by atoms with van der Waals surface area (Å²) in [6.45, 7) is 8.49. The number of hydrogen-bond acceptors (Lipinski definition) is 4. The summed E-state index contributed by atoms with van der Waals surface area (Å²) in [7, 11) is 0. The Bertz CT molecular complexity index is 439. The molecule has 4 nitrogen and oxygen atoms in total. The molecule has 1 saturated heterocycles. The van der Waals surface area contributed by atoms with E-state index < -0.39 is 0 Å². The molecule has 0 aromatic carbocycles. The van der Waals surface area contributed by atoms with E-state index in [2.05, 4.69) is 46.2 Å². The largest absolute Gasteiger partial charge is 0.357 e. The lowest BCUT2D eigenvalue weighted by Crippen LogP contribution is -2.39. The Hall–Kier alpha value is -0.720. The molecule has 0 unspecified atom stereocenters. The summed E-state index contributed by atoms with van der Waals surface area (Å²) in [4.78, 5) is 8.84. The number of guanidine groups is 1. The zero-order chi connectivity index (χ0) is 16.3. The second kappa shape index (κ2) is 10.9. The number of piperidine rings is 1. The molecule has 0 saturated carbocycles. The molecule has 0 radical (unpaired) electrons. The molecule has 1 aromatic rings. The molecule has 6 heteroatoms. The highest BCUT2D eigenvalue weighted by molar-refractivity contribution is 7.98. The van der Waals surface area contributed by atoms with Crippen molar-refractivity contribution in [3.63, 3.8) is 0 Å². The average Bonchev–Trinajstić information content (AvgIpc) is 3.07. The molecule has 2 heterocycles. The highest BCUT2D eigenvalue weighted by Crippen LogP contribution is 2.20. The van der Waals surface area contributed by atoms with Crippen molar-refractivity contribution in [3.8, 4) is 0 Å². The lowest BCUT2D eigenvalue weighted by atomic mass is 9.97. The Labute approximate surface area is 149 Å². The van der Waals surface area contributed by atoms with E-state index in [1.54, 1.807) is 0 Å². The fraction of sp³-hybridized carbons (Fsp3) is 0.706. The lowest BCUT2D eigenvalue weighted by Gasteiger charge is -2.31. The maximum Gasteiger partial charge on any atom is 0.191 e. The molecule has 2 rings (SSSR count). The molecular formula is C17H30N4S2. The molecule has 1 fully saturated rings. The van der Waals surface area contributed by atoms with Crippen molar-refractivity contribution in [1.82, 2.24) is 15.5 Å². The molecule has 0 aliphatic carbocycles. The van der Waals surface area contributed by atoms with Crippen LogP contribution in [0.2, 0.25) is 0 Å². The van der Waals surface area contributed by atoms with E-state index in [1.165, 1.54) is 30.8 Å².